The Bertz CT molecular complexity index is 203. The van der Waals surface area contributed by atoms with Crippen molar-refractivity contribution in [2.45, 2.75) is 13.3 Å². The third kappa shape index (κ3) is 4.47. The van der Waals surface area contributed by atoms with E-state index in [9.17, 15) is 4.79 Å². The number of rotatable bonds is 6. The lowest BCUT2D eigenvalue weighted by molar-refractivity contribution is -0.132. The van der Waals surface area contributed by atoms with Crippen LogP contribution in [-0.4, -0.2) is 68.2 Å². The molecule has 0 radical (unpaired) electrons. The van der Waals surface area contributed by atoms with Crippen LogP contribution >= 0.6 is 0 Å². The molecule has 1 rings (SSSR count). The maximum absolute atomic E-state index is 11.6. The molecule has 0 bridgehead atoms. The van der Waals surface area contributed by atoms with Gasteiger partial charge in [-0.15, -0.1) is 0 Å². The number of piperazine rings is 1. The minimum atomic E-state index is 0.187. The van der Waals surface area contributed by atoms with Gasteiger partial charge in [-0.25, -0.2) is 0 Å². The second-order valence-electron chi connectivity index (χ2n) is 3.96. The van der Waals surface area contributed by atoms with Crippen LogP contribution in [0, 0.1) is 0 Å². The highest BCUT2D eigenvalue weighted by Gasteiger charge is 2.19. The summed E-state index contributed by atoms with van der Waals surface area (Å²) in [4.78, 5) is 15.8. The quantitative estimate of drug-likeness (QED) is 0.625. The third-order valence-corrected chi connectivity index (χ3v) is 2.84. The van der Waals surface area contributed by atoms with E-state index in [1.54, 1.807) is 0 Å². The Morgan fingerprint density at radius 3 is 2.56 bits per heavy atom. The Hall–Kier alpha value is -0.650. The van der Waals surface area contributed by atoms with Crippen LogP contribution in [0.1, 0.15) is 13.3 Å². The molecule has 5 heteroatoms. The molecular weight excluding hydrogens is 206 g/mol. The number of ether oxygens (including phenoxy) is 1. The second kappa shape index (κ2) is 7.60. The van der Waals surface area contributed by atoms with Crippen molar-refractivity contribution in [1.29, 1.82) is 0 Å². The number of hydrogen-bond acceptors (Lipinski definition) is 4. The van der Waals surface area contributed by atoms with Crippen molar-refractivity contribution in [2.75, 3.05) is 52.5 Å². The van der Waals surface area contributed by atoms with E-state index >= 15 is 0 Å². The standard InChI is InChI=1S/C11H23N3O2/c1-2-16-10-9-13-5-7-14(8-6-13)11(15)3-4-12/h2-10,12H2,1H3. The molecule has 0 aromatic carbocycles. The molecule has 1 amide bonds. The van der Waals surface area contributed by atoms with Gasteiger partial charge in [-0.3, -0.25) is 9.69 Å². The molecule has 0 saturated carbocycles. The largest absolute Gasteiger partial charge is 0.380 e. The number of nitrogens with two attached hydrogens (primary N) is 1. The van der Waals surface area contributed by atoms with Gasteiger partial charge in [-0.05, 0) is 6.92 Å². The lowest BCUT2D eigenvalue weighted by Crippen LogP contribution is -2.49. The normalized spacial score (nSPS) is 17.8. The maximum atomic E-state index is 11.6. The van der Waals surface area contributed by atoms with Gasteiger partial charge in [-0.2, -0.15) is 0 Å². The first-order valence-corrected chi connectivity index (χ1v) is 6.06. The molecule has 16 heavy (non-hydrogen) atoms. The van der Waals surface area contributed by atoms with E-state index in [-0.39, 0.29) is 5.91 Å². The van der Waals surface area contributed by atoms with Crippen LogP contribution in [0.2, 0.25) is 0 Å². The summed E-state index contributed by atoms with van der Waals surface area (Å²) in [5, 5.41) is 0. The summed E-state index contributed by atoms with van der Waals surface area (Å²) in [5.74, 6) is 0.187. The predicted octanol–water partition coefficient (Wildman–Crippen LogP) is -0.484. The fourth-order valence-corrected chi connectivity index (χ4v) is 1.84. The summed E-state index contributed by atoms with van der Waals surface area (Å²) < 4.78 is 5.31. The van der Waals surface area contributed by atoms with Crippen LogP contribution in [0.25, 0.3) is 0 Å². The van der Waals surface area contributed by atoms with Crippen LogP contribution in [-0.2, 0) is 9.53 Å². The smallest absolute Gasteiger partial charge is 0.223 e. The van der Waals surface area contributed by atoms with Gasteiger partial charge >= 0.3 is 0 Å². The van der Waals surface area contributed by atoms with Gasteiger partial charge in [0, 0.05) is 52.3 Å². The van der Waals surface area contributed by atoms with E-state index in [4.69, 9.17) is 10.5 Å². The summed E-state index contributed by atoms with van der Waals surface area (Å²) >= 11 is 0. The fourth-order valence-electron chi connectivity index (χ4n) is 1.84. The first-order chi connectivity index (χ1) is 7.77. The zero-order chi connectivity index (χ0) is 11.8. The maximum Gasteiger partial charge on any atom is 0.223 e. The van der Waals surface area contributed by atoms with Crippen molar-refractivity contribution in [3.8, 4) is 0 Å². The Kier molecular flexibility index (Phi) is 6.37. The van der Waals surface area contributed by atoms with Crippen molar-refractivity contribution < 1.29 is 9.53 Å². The first-order valence-electron chi connectivity index (χ1n) is 6.06. The summed E-state index contributed by atoms with van der Waals surface area (Å²) in [7, 11) is 0. The number of hydrogen-bond donors (Lipinski definition) is 1. The topological polar surface area (TPSA) is 58.8 Å². The SMILES string of the molecule is CCOCCN1CCN(C(=O)CCN)CC1. The molecule has 1 saturated heterocycles. The number of nitrogens with zero attached hydrogens (tertiary/aromatic N) is 2. The molecule has 0 aromatic heterocycles. The van der Waals surface area contributed by atoms with E-state index in [0.717, 1.165) is 45.9 Å². The van der Waals surface area contributed by atoms with Crippen molar-refractivity contribution in [1.82, 2.24) is 9.80 Å². The van der Waals surface area contributed by atoms with Gasteiger partial charge in [0.1, 0.15) is 0 Å². The average Bonchev–Trinajstić information content (AvgIpc) is 2.30. The highest BCUT2D eigenvalue weighted by Crippen LogP contribution is 2.03. The second-order valence-corrected chi connectivity index (χ2v) is 3.96. The van der Waals surface area contributed by atoms with E-state index in [2.05, 4.69) is 4.90 Å². The molecule has 1 heterocycles. The Balaban J connectivity index is 2.15. The summed E-state index contributed by atoms with van der Waals surface area (Å²) in [6.07, 6.45) is 0.471. The Morgan fingerprint density at radius 1 is 1.31 bits per heavy atom. The fraction of sp³-hybridized carbons (Fsp3) is 0.909. The van der Waals surface area contributed by atoms with Gasteiger partial charge < -0.3 is 15.4 Å². The molecule has 2 N–H and O–H groups in total. The van der Waals surface area contributed by atoms with Crippen molar-refractivity contribution in [3.05, 3.63) is 0 Å². The van der Waals surface area contributed by atoms with Gasteiger partial charge in [0.05, 0.1) is 6.61 Å². The van der Waals surface area contributed by atoms with Crippen molar-refractivity contribution >= 4 is 5.91 Å². The zero-order valence-corrected chi connectivity index (χ0v) is 10.2. The van der Waals surface area contributed by atoms with Gasteiger partial charge in [0.2, 0.25) is 5.91 Å². The highest BCUT2D eigenvalue weighted by atomic mass is 16.5. The molecule has 1 aliphatic rings. The highest BCUT2D eigenvalue weighted by molar-refractivity contribution is 5.76. The lowest BCUT2D eigenvalue weighted by Gasteiger charge is -2.34. The lowest BCUT2D eigenvalue weighted by atomic mass is 10.3. The zero-order valence-electron chi connectivity index (χ0n) is 10.2. The van der Waals surface area contributed by atoms with Crippen LogP contribution in [0.15, 0.2) is 0 Å². The van der Waals surface area contributed by atoms with Gasteiger partial charge in [0.15, 0.2) is 0 Å². The average molecular weight is 229 g/mol. The molecule has 1 aliphatic heterocycles. The summed E-state index contributed by atoms with van der Waals surface area (Å²) in [6.45, 7) is 8.52. The van der Waals surface area contributed by atoms with Crippen LogP contribution in [0.3, 0.4) is 0 Å². The minimum Gasteiger partial charge on any atom is -0.380 e. The molecule has 0 aromatic rings. The molecule has 0 aliphatic carbocycles. The van der Waals surface area contributed by atoms with E-state index in [1.807, 2.05) is 11.8 Å². The van der Waals surface area contributed by atoms with Crippen LogP contribution in [0.4, 0.5) is 0 Å². The monoisotopic (exact) mass is 229 g/mol. The number of carbonyl (C=O) groups excluding carboxylic acids is 1. The molecule has 0 spiro atoms. The molecule has 1 fully saturated rings. The van der Waals surface area contributed by atoms with Crippen LogP contribution < -0.4 is 5.73 Å². The van der Waals surface area contributed by atoms with Crippen molar-refractivity contribution in [2.24, 2.45) is 5.73 Å². The Labute approximate surface area is 97.5 Å². The molecule has 94 valence electrons. The van der Waals surface area contributed by atoms with Gasteiger partial charge in [-0.1, -0.05) is 0 Å². The van der Waals surface area contributed by atoms with E-state index in [1.165, 1.54) is 0 Å². The predicted molar refractivity (Wildman–Crippen MR) is 63.2 cm³/mol. The molecular formula is C11H23N3O2. The number of amides is 1. The number of carbonyl (C=O) groups is 1. The first kappa shape index (κ1) is 13.4. The van der Waals surface area contributed by atoms with Crippen LogP contribution in [0.5, 0.6) is 0 Å². The van der Waals surface area contributed by atoms with Crippen molar-refractivity contribution in [3.63, 3.8) is 0 Å². The van der Waals surface area contributed by atoms with E-state index in [0.29, 0.717) is 13.0 Å². The summed E-state index contributed by atoms with van der Waals surface area (Å²) in [5.41, 5.74) is 5.37. The van der Waals surface area contributed by atoms with E-state index < -0.39 is 0 Å². The third-order valence-electron chi connectivity index (χ3n) is 2.84. The molecule has 5 nitrogen and oxygen atoms in total. The Morgan fingerprint density at radius 2 is 2.00 bits per heavy atom. The molecule has 0 unspecified atom stereocenters. The molecule has 0 atom stereocenters. The minimum absolute atomic E-state index is 0.187. The summed E-state index contributed by atoms with van der Waals surface area (Å²) in [6, 6.07) is 0. The van der Waals surface area contributed by atoms with Gasteiger partial charge in [0.25, 0.3) is 0 Å².